The van der Waals surface area contributed by atoms with Gasteiger partial charge in [-0.15, -0.1) is 11.3 Å². The van der Waals surface area contributed by atoms with E-state index in [1.54, 1.807) is 5.38 Å². The Morgan fingerprint density at radius 2 is 2.11 bits per heavy atom. The molecule has 0 unspecified atom stereocenters. The molecular formula is C12H9F3N2OS. The standard InChI is InChI=1S/C12H9F3N2OS/c1-7-2-3-8(6-9(7)12(13,14)15)10(18)17-11-16-4-5-19-11/h2-6H,1H3,(H,16,17,18). The van der Waals surface area contributed by atoms with Crippen molar-refractivity contribution in [2.75, 3.05) is 5.32 Å². The van der Waals surface area contributed by atoms with Gasteiger partial charge in [-0.1, -0.05) is 6.07 Å². The monoisotopic (exact) mass is 286 g/mol. The molecule has 0 bridgehead atoms. The summed E-state index contributed by atoms with van der Waals surface area (Å²) < 4.78 is 38.2. The number of aryl methyl sites for hydroxylation is 1. The van der Waals surface area contributed by atoms with Crippen molar-refractivity contribution < 1.29 is 18.0 Å². The summed E-state index contributed by atoms with van der Waals surface area (Å²) in [6, 6.07) is 3.48. The maximum Gasteiger partial charge on any atom is 0.416 e. The van der Waals surface area contributed by atoms with Crippen LogP contribution in [-0.4, -0.2) is 10.9 Å². The van der Waals surface area contributed by atoms with Crippen molar-refractivity contribution in [2.24, 2.45) is 0 Å². The zero-order valence-corrected chi connectivity index (χ0v) is 10.6. The molecule has 1 aromatic carbocycles. The summed E-state index contributed by atoms with van der Waals surface area (Å²) in [7, 11) is 0. The van der Waals surface area contributed by atoms with Gasteiger partial charge in [0.1, 0.15) is 0 Å². The summed E-state index contributed by atoms with van der Waals surface area (Å²) in [5.74, 6) is -0.611. The fourth-order valence-electron chi connectivity index (χ4n) is 1.52. The normalized spacial score (nSPS) is 11.4. The number of nitrogens with zero attached hydrogens (tertiary/aromatic N) is 1. The van der Waals surface area contributed by atoms with Crippen molar-refractivity contribution in [3.05, 3.63) is 46.5 Å². The van der Waals surface area contributed by atoms with E-state index in [0.29, 0.717) is 5.13 Å². The van der Waals surface area contributed by atoms with Crippen LogP contribution in [0.2, 0.25) is 0 Å². The van der Waals surface area contributed by atoms with Gasteiger partial charge in [-0.05, 0) is 24.6 Å². The lowest BCUT2D eigenvalue weighted by molar-refractivity contribution is -0.138. The molecule has 0 aliphatic heterocycles. The number of nitrogens with one attached hydrogen (secondary N) is 1. The Hall–Kier alpha value is -1.89. The van der Waals surface area contributed by atoms with Crippen LogP contribution in [0.1, 0.15) is 21.5 Å². The van der Waals surface area contributed by atoms with Gasteiger partial charge in [0.25, 0.3) is 5.91 Å². The van der Waals surface area contributed by atoms with Gasteiger partial charge in [-0.2, -0.15) is 13.2 Å². The average Bonchev–Trinajstić information content (AvgIpc) is 2.80. The highest BCUT2D eigenvalue weighted by molar-refractivity contribution is 7.13. The van der Waals surface area contributed by atoms with E-state index in [1.165, 1.54) is 36.6 Å². The number of benzene rings is 1. The number of hydrogen-bond donors (Lipinski definition) is 1. The van der Waals surface area contributed by atoms with Gasteiger partial charge >= 0.3 is 6.18 Å². The Kier molecular flexibility index (Phi) is 3.57. The SMILES string of the molecule is Cc1ccc(C(=O)Nc2nccs2)cc1C(F)(F)F. The summed E-state index contributed by atoms with van der Waals surface area (Å²) in [5.41, 5.74) is -0.772. The molecule has 0 radical (unpaired) electrons. The van der Waals surface area contributed by atoms with Crippen molar-refractivity contribution in [1.29, 1.82) is 0 Å². The number of amides is 1. The molecule has 2 aromatic rings. The molecule has 0 aliphatic rings. The molecule has 0 aliphatic carbocycles. The maximum atomic E-state index is 12.7. The van der Waals surface area contributed by atoms with Crippen molar-refractivity contribution >= 4 is 22.4 Å². The zero-order chi connectivity index (χ0) is 14.0. The predicted molar refractivity (Wildman–Crippen MR) is 66.2 cm³/mol. The number of carbonyl (C=O) groups excluding carboxylic acids is 1. The lowest BCUT2D eigenvalue weighted by atomic mass is 10.0. The lowest BCUT2D eigenvalue weighted by Gasteiger charge is -2.11. The molecule has 0 saturated heterocycles. The van der Waals surface area contributed by atoms with E-state index in [4.69, 9.17) is 0 Å². The fraction of sp³-hybridized carbons (Fsp3) is 0.167. The van der Waals surface area contributed by atoms with Gasteiger partial charge in [0.15, 0.2) is 5.13 Å². The van der Waals surface area contributed by atoms with Crippen LogP contribution in [0.4, 0.5) is 18.3 Å². The summed E-state index contributed by atoms with van der Waals surface area (Å²) in [6.45, 7) is 1.35. The van der Waals surface area contributed by atoms with Crippen LogP contribution in [0, 0.1) is 6.92 Å². The molecule has 3 nitrogen and oxygen atoms in total. The first-order valence-corrected chi connectivity index (χ1v) is 6.14. The predicted octanol–water partition coefficient (Wildman–Crippen LogP) is 3.72. The Morgan fingerprint density at radius 1 is 1.37 bits per heavy atom. The number of anilines is 1. The molecule has 1 N–H and O–H groups in total. The van der Waals surface area contributed by atoms with E-state index < -0.39 is 17.6 Å². The molecule has 1 heterocycles. The number of hydrogen-bond acceptors (Lipinski definition) is 3. The first-order chi connectivity index (χ1) is 8.88. The topological polar surface area (TPSA) is 42.0 Å². The number of alkyl halides is 3. The van der Waals surface area contributed by atoms with E-state index >= 15 is 0 Å². The third-order valence-corrected chi connectivity index (χ3v) is 3.15. The Balaban J connectivity index is 2.28. The van der Waals surface area contributed by atoms with Gasteiger partial charge in [0.05, 0.1) is 5.56 Å². The van der Waals surface area contributed by atoms with Gasteiger partial charge in [-0.25, -0.2) is 4.98 Å². The molecule has 0 fully saturated rings. The largest absolute Gasteiger partial charge is 0.416 e. The van der Waals surface area contributed by atoms with Crippen LogP contribution in [0.3, 0.4) is 0 Å². The molecule has 1 aromatic heterocycles. The lowest BCUT2D eigenvalue weighted by Crippen LogP contribution is -2.14. The van der Waals surface area contributed by atoms with E-state index in [1.807, 2.05) is 0 Å². The van der Waals surface area contributed by atoms with Gasteiger partial charge < -0.3 is 0 Å². The highest BCUT2D eigenvalue weighted by Gasteiger charge is 2.32. The first kappa shape index (κ1) is 13.5. The van der Waals surface area contributed by atoms with E-state index in [2.05, 4.69) is 10.3 Å². The Bertz CT molecular complexity index is 594. The highest BCUT2D eigenvalue weighted by Crippen LogP contribution is 2.32. The van der Waals surface area contributed by atoms with E-state index in [9.17, 15) is 18.0 Å². The van der Waals surface area contributed by atoms with Gasteiger partial charge in [0.2, 0.25) is 0 Å². The number of carbonyl (C=O) groups is 1. The molecule has 19 heavy (non-hydrogen) atoms. The fourth-order valence-corrected chi connectivity index (χ4v) is 2.05. The Morgan fingerprint density at radius 3 is 2.68 bits per heavy atom. The highest BCUT2D eigenvalue weighted by atomic mass is 32.1. The summed E-state index contributed by atoms with van der Waals surface area (Å²) in [5, 5.41) is 4.44. The van der Waals surface area contributed by atoms with Crippen molar-refractivity contribution in [1.82, 2.24) is 4.98 Å². The molecule has 7 heteroatoms. The second kappa shape index (κ2) is 5.00. The van der Waals surface area contributed by atoms with Gasteiger partial charge in [0, 0.05) is 17.1 Å². The Labute approximate surface area is 111 Å². The quantitative estimate of drug-likeness (QED) is 0.914. The maximum absolute atomic E-state index is 12.7. The number of rotatable bonds is 2. The molecule has 0 atom stereocenters. The summed E-state index contributed by atoms with van der Waals surface area (Å²) >= 11 is 1.19. The van der Waals surface area contributed by atoms with Crippen molar-refractivity contribution in [2.45, 2.75) is 13.1 Å². The average molecular weight is 286 g/mol. The minimum Gasteiger partial charge on any atom is -0.298 e. The number of aromatic nitrogens is 1. The number of halogens is 3. The summed E-state index contributed by atoms with van der Waals surface area (Å²) in [4.78, 5) is 15.6. The van der Waals surface area contributed by atoms with Gasteiger partial charge in [-0.3, -0.25) is 10.1 Å². The molecule has 2 rings (SSSR count). The van der Waals surface area contributed by atoms with Crippen molar-refractivity contribution in [3.8, 4) is 0 Å². The molecule has 0 spiro atoms. The van der Waals surface area contributed by atoms with Crippen LogP contribution in [0.15, 0.2) is 29.8 Å². The smallest absolute Gasteiger partial charge is 0.298 e. The van der Waals surface area contributed by atoms with E-state index in [-0.39, 0.29) is 11.1 Å². The van der Waals surface area contributed by atoms with Crippen LogP contribution < -0.4 is 5.32 Å². The third-order valence-electron chi connectivity index (χ3n) is 2.46. The first-order valence-electron chi connectivity index (χ1n) is 5.26. The van der Waals surface area contributed by atoms with Crippen molar-refractivity contribution in [3.63, 3.8) is 0 Å². The van der Waals surface area contributed by atoms with Crippen LogP contribution in [0.25, 0.3) is 0 Å². The van der Waals surface area contributed by atoms with E-state index in [0.717, 1.165) is 6.07 Å². The molecule has 1 amide bonds. The second-order valence-electron chi connectivity index (χ2n) is 3.82. The zero-order valence-electron chi connectivity index (χ0n) is 9.78. The minimum absolute atomic E-state index is 0.0480. The third kappa shape index (κ3) is 3.11. The van der Waals surface area contributed by atoms with Crippen LogP contribution >= 0.6 is 11.3 Å². The molecule has 0 saturated carbocycles. The second-order valence-corrected chi connectivity index (χ2v) is 4.71. The molecule has 100 valence electrons. The summed E-state index contributed by atoms with van der Waals surface area (Å²) in [6.07, 6.45) is -2.97. The van der Waals surface area contributed by atoms with Crippen LogP contribution in [-0.2, 0) is 6.18 Å². The number of thiazole rings is 1. The van der Waals surface area contributed by atoms with Crippen LogP contribution in [0.5, 0.6) is 0 Å². The minimum atomic E-state index is -4.47. The molecular weight excluding hydrogens is 277 g/mol.